The van der Waals surface area contributed by atoms with E-state index < -0.39 is 45.7 Å². The third-order valence-corrected chi connectivity index (χ3v) is 32.8. The Morgan fingerprint density at radius 3 is 1.19 bits per heavy atom. The summed E-state index contributed by atoms with van der Waals surface area (Å²) in [4.78, 5) is 39.4. The fourth-order valence-electron chi connectivity index (χ4n) is 23.1. The second-order valence-corrected chi connectivity index (χ2v) is 41.5. The van der Waals surface area contributed by atoms with E-state index in [-0.39, 0.29) is 78.4 Å². The predicted molar refractivity (Wildman–Crippen MR) is 549 cm³/mol. The molecule has 3 atom stereocenters. The maximum atomic E-state index is 15.6. The number of thioether (sulfide) groups is 1. The van der Waals surface area contributed by atoms with Crippen molar-refractivity contribution in [2.45, 2.75) is 345 Å². The van der Waals surface area contributed by atoms with Crippen LogP contribution in [-0.4, -0.2) is 21.4 Å². The number of nitrogens with zero attached hydrogens (tertiary/aromatic N) is 5. The van der Waals surface area contributed by atoms with Gasteiger partial charge in [-0.2, -0.15) is 0 Å². The lowest BCUT2D eigenvalue weighted by Crippen LogP contribution is -2.35. The summed E-state index contributed by atoms with van der Waals surface area (Å²) in [6.07, 6.45) is 52.2. The summed E-state index contributed by atoms with van der Waals surface area (Å²) < 4.78 is 65.1. The summed E-state index contributed by atoms with van der Waals surface area (Å²) in [5.41, 5.74) is 15.2. The molecule has 0 N–H and O–H groups in total. The molecular formula is C121H135F4N5O2S2. The minimum absolute atomic E-state index is 0.00839. The van der Waals surface area contributed by atoms with E-state index in [0.29, 0.717) is 11.3 Å². The van der Waals surface area contributed by atoms with E-state index in [1.807, 2.05) is 23.9 Å². The molecule has 1 aliphatic heterocycles. The van der Waals surface area contributed by atoms with Crippen LogP contribution in [0.5, 0.6) is 0 Å². The molecule has 3 heterocycles. The van der Waals surface area contributed by atoms with Gasteiger partial charge in [-0.05, 0) is 221 Å². The van der Waals surface area contributed by atoms with Crippen molar-refractivity contribution >= 4 is 73.7 Å². The molecule has 4 aliphatic carbocycles. The molecule has 7 nitrogen and oxygen atoms in total. The van der Waals surface area contributed by atoms with Crippen molar-refractivity contribution in [3.05, 3.63) is 320 Å². The molecule has 1 fully saturated rings. The second kappa shape index (κ2) is 46.4. The maximum Gasteiger partial charge on any atom is 0.270 e. The van der Waals surface area contributed by atoms with Gasteiger partial charge in [-0.1, -0.05) is 350 Å². The van der Waals surface area contributed by atoms with Gasteiger partial charge in [0, 0.05) is 81.4 Å². The highest BCUT2D eigenvalue weighted by atomic mass is 32.2. The molecule has 13 heteroatoms. The summed E-state index contributed by atoms with van der Waals surface area (Å²) in [6, 6.07) is 58.5. The minimum atomic E-state index is -1.19. The Hall–Kier alpha value is -10.4. The highest BCUT2D eigenvalue weighted by molar-refractivity contribution is 8.00. The molecular weight excluding hydrogens is 1700 g/mol. The molecule has 2 aromatic heterocycles. The molecule has 0 amide bonds. The number of unbranched alkanes of at least 4 members (excludes halogenated alkanes) is 30. The number of hydrogen-bond donors (Lipinski definition) is 0. The van der Waals surface area contributed by atoms with Crippen molar-refractivity contribution in [2.24, 2.45) is 5.92 Å². The maximum absolute atomic E-state index is 15.6. The molecule has 134 heavy (non-hydrogen) atoms. The van der Waals surface area contributed by atoms with Crippen LogP contribution in [0.3, 0.4) is 0 Å². The van der Waals surface area contributed by atoms with E-state index in [4.69, 9.17) is 13.1 Å². The van der Waals surface area contributed by atoms with Crippen molar-refractivity contribution in [2.75, 3.05) is 0 Å². The Labute approximate surface area is 804 Å². The van der Waals surface area contributed by atoms with Crippen LogP contribution < -0.4 is 0 Å². The number of thiophene rings is 1. The lowest BCUT2D eigenvalue weighted by atomic mass is 9.63. The van der Waals surface area contributed by atoms with Crippen molar-refractivity contribution in [3.63, 3.8) is 0 Å². The first-order valence-electron chi connectivity index (χ1n) is 51.5. The summed E-state index contributed by atoms with van der Waals surface area (Å²) in [7, 11) is 0. The standard InChI is InChI=1S/C121H135F4N5O2S2/c1-9-15-21-27-33-39-45-81-51-59-85(60-52-81)120(86-61-53-82(54-62-86)46-40-34-28-22-16-10-2)102-71-92-93-72-103-99(78-113(93)130(89(49-43-37-31-25-19-13-5)50-44-38-32-26-20-14-6)112(92)77-98(102)118-104(120)69-90(133-118)67-100-114(110(79-126)128-7)94-73-106(122)108(124)75-96(94)116(100)131)119-105(70-91(134-119)68-101-115(111(80-127)129-8)95-74-107(123)109(125)76-97(95)117(101)132)121(103,87-63-55-83(56-64-87)47-41-35-29-23-17-11-3)88-65-57-84(58-66-88)48-42-36-30-24-18-12-4/h51-69,71-78,89,91,105,119H,9-50,70H2,1-6H3/b100-67-,101-68-,114-110+,115-111-. The Balaban J connectivity index is 1.02. The lowest BCUT2D eigenvalue weighted by molar-refractivity contribution is 0.103. The van der Waals surface area contributed by atoms with Crippen LogP contribution >= 0.6 is 23.1 Å². The van der Waals surface area contributed by atoms with Gasteiger partial charge in [0.05, 0.1) is 36.2 Å². The number of fused-ring (bicyclic) bond motifs is 11. The summed E-state index contributed by atoms with van der Waals surface area (Å²) >= 11 is 3.39. The van der Waals surface area contributed by atoms with Gasteiger partial charge in [-0.3, -0.25) is 9.59 Å². The number of aromatic nitrogens is 1. The second-order valence-electron chi connectivity index (χ2n) is 39.1. The van der Waals surface area contributed by atoms with Crippen LogP contribution in [0, 0.1) is 65.0 Å². The summed E-state index contributed by atoms with van der Waals surface area (Å²) in [5, 5.41) is 23.3. The van der Waals surface area contributed by atoms with Crippen LogP contribution in [0.15, 0.2) is 180 Å². The smallest absolute Gasteiger partial charge is 0.270 e. The first kappa shape index (κ1) is 98.1. The van der Waals surface area contributed by atoms with E-state index in [9.17, 15) is 10.5 Å². The number of hydrogen-bond acceptors (Lipinski definition) is 6. The lowest BCUT2D eigenvalue weighted by Gasteiger charge is -2.38. The van der Waals surface area contributed by atoms with Crippen LogP contribution in [0.25, 0.3) is 59.2 Å². The molecule has 1 saturated heterocycles. The number of aryl methyl sites for hydroxylation is 4. The third-order valence-electron chi connectivity index (χ3n) is 30.1. The molecule has 3 unspecified atom stereocenters. The predicted octanol–water partition coefficient (Wildman–Crippen LogP) is 35.4. The summed E-state index contributed by atoms with van der Waals surface area (Å²) in [5.74, 6) is -5.96. The number of Topliss-reactive ketones (excluding diaryl/α,β-unsaturated/α-hetero) is 2. The highest BCUT2D eigenvalue weighted by Crippen LogP contribution is 2.69. The topological polar surface area (TPSA) is 95.4 Å². The average Bonchev–Trinajstić information content (AvgIpc) is 1.63. The zero-order valence-electron chi connectivity index (χ0n) is 80.2. The molecule has 696 valence electrons. The van der Waals surface area contributed by atoms with E-state index in [1.165, 1.54) is 186 Å². The minimum Gasteiger partial charge on any atom is -0.337 e. The molecule has 0 spiro atoms. The van der Waals surface area contributed by atoms with Crippen LogP contribution in [-0.2, 0) is 36.5 Å². The zero-order valence-corrected chi connectivity index (χ0v) is 81.8. The van der Waals surface area contributed by atoms with Gasteiger partial charge in [-0.15, -0.1) is 23.1 Å². The summed E-state index contributed by atoms with van der Waals surface area (Å²) in [6.45, 7) is 30.3. The van der Waals surface area contributed by atoms with Gasteiger partial charge < -0.3 is 4.57 Å². The van der Waals surface area contributed by atoms with Gasteiger partial charge in [0.25, 0.3) is 11.4 Å². The van der Waals surface area contributed by atoms with Crippen LogP contribution in [0.4, 0.5) is 17.6 Å². The number of nitriles is 2. The van der Waals surface area contributed by atoms with Gasteiger partial charge in [0.2, 0.25) is 0 Å². The van der Waals surface area contributed by atoms with Crippen LogP contribution in [0.2, 0.25) is 0 Å². The molecule has 10 aromatic rings. The quantitative estimate of drug-likeness (QED) is 0.0124. The number of carbonyl (C=O) groups excluding carboxylic acids is 2. The van der Waals surface area contributed by atoms with Crippen molar-refractivity contribution in [1.29, 1.82) is 10.5 Å². The normalized spacial score (nSPS) is 17.4. The average molecular weight is 1830 g/mol. The van der Waals surface area contributed by atoms with E-state index in [0.717, 1.165) is 207 Å². The van der Waals surface area contributed by atoms with E-state index >= 15 is 27.2 Å². The number of allylic oxidation sites excluding steroid dienone is 6. The zero-order chi connectivity index (χ0) is 93.8. The molecule has 5 aliphatic rings. The number of benzene rings is 8. The third kappa shape index (κ3) is 20.5. The number of ketones is 2. The highest BCUT2D eigenvalue weighted by Gasteiger charge is 2.59. The molecule has 0 saturated carbocycles. The first-order chi connectivity index (χ1) is 65.6. The van der Waals surface area contributed by atoms with Crippen molar-refractivity contribution < 1.29 is 27.2 Å². The molecule has 0 bridgehead atoms. The van der Waals surface area contributed by atoms with E-state index in [1.54, 1.807) is 17.4 Å². The number of rotatable bonds is 49. The fourth-order valence-corrected chi connectivity index (χ4v) is 26.1. The molecule has 0 radical (unpaired) electrons. The molecule has 8 aromatic carbocycles. The van der Waals surface area contributed by atoms with Gasteiger partial charge >= 0.3 is 0 Å². The number of carbonyl (C=O) groups is 2. The van der Waals surface area contributed by atoms with Crippen molar-refractivity contribution in [3.8, 4) is 22.6 Å². The Kier molecular flexibility index (Phi) is 34.0. The Morgan fingerprint density at radius 1 is 0.425 bits per heavy atom. The van der Waals surface area contributed by atoms with E-state index in [2.05, 4.69) is 189 Å². The van der Waals surface area contributed by atoms with Crippen LogP contribution in [0.1, 0.15) is 407 Å². The Bertz CT molecular complexity index is 6000. The number of halogens is 4. The van der Waals surface area contributed by atoms with Gasteiger partial charge in [0.1, 0.15) is 0 Å². The van der Waals surface area contributed by atoms with Crippen molar-refractivity contribution in [1.82, 2.24) is 4.57 Å². The first-order valence-corrected chi connectivity index (χ1v) is 53.2. The van der Waals surface area contributed by atoms with Gasteiger partial charge in [-0.25, -0.2) is 37.8 Å². The fraction of sp³-hybridized carbons (Fsp3) is 0.455. The van der Waals surface area contributed by atoms with Gasteiger partial charge in [0.15, 0.2) is 34.8 Å². The largest absolute Gasteiger partial charge is 0.337 e. The Morgan fingerprint density at radius 2 is 0.784 bits per heavy atom. The molecule has 15 rings (SSSR count). The monoisotopic (exact) mass is 1830 g/mol. The SMILES string of the molecule is [C-]#[N+]/C(C#N)=C1\C(=C\C2CC3C(S2)c2cc4c(cc2C3(c2ccc(CCCCCCCC)cc2)c2ccc(CCCCCCCC)cc2)c2cc3c(cc2n4C(CCCCCCCC)CCCCCCCC)-c2sc(/C=C4\C(=O)c5cc(F)c(F)cc5\C4=C(\C#N)[N+]#[C-])cc2C3(c2ccc(CCCCCCCC)cc2)c2ccc(CCCCCCCC)cc2)C(=O)c2cc(F)c(F)cc21.